The van der Waals surface area contributed by atoms with Crippen LogP contribution < -0.4 is 0 Å². The molecule has 39 heavy (non-hydrogen) atoms. The Morgan fingerprint density at radius 1 is 1.05 bits per heavy atom. The lowest BCUT2D eigenvalue weighted by Gasteiger charge is -2.40. The molecule has 2 aliphatic heterocycles. The van der Waals surface area contributed by atoms with Crippen molar-refractivity contribution in [1.82, 2.24) is 14.8 Å². The van der Waals surface area contributed by atoms with E-state index in [1.807, 2.05) is 0 Å². The van der Waals surface area contributed by atoms with E-state index in [9.17, 15) is 23.1 Å². The van der Waals surface area contributed by atoms with Crippen LogP contribution in [0, 0.1) is 5.82 Å². The number of pyridine rings is 1. The van der Waals surface area contributed by atoms with E-state index in [-0.39, 0.29) is 51.1 Å². The van der Waals surface area contributed by atoms with Crippen molar-refractivity contribution in [2.75, 3.05) is 26.2 Å². The zero-order chi connectivity index (χ0) is 27.0. The first-order valence-electron chi connectivity index (χ1n) is 12.8. The molecule has 0 amide bonds. The predicted molar refractivity (Wildman–Crippen MR) is 148 cm³/mol. The Morgan fingerprint density at radius 2 is 1.74 bits per heavy atom. The Labute approximate surface area is 238 Å². The first kappa shape index (κ1) is 29.7. The van der Waals surface area contributed by atoms with Crippen LogP contribution in [-0.4, -0.2) is 58.1 Å². The fourth-order valence-electron chi connectivity index (χ4n) is 5.74. The second kappa shape index (κ2) is 12.1. The minimum absolute atomic E-state index is 0. The number of halogens is 6. The highest BCUT2D eigenvalue weighted by Gasteiger charge is 2.32. The number of fused-ring (bicyclic) bond motifs is 1. The van der Waals surface area contributed by atoms with Crippen molar-refractivity contribution in [3.63, 3.8) is 0 Å². The number of benzene rings is 2. The summed E-state index contributed by atoms with van der Waals surface area (Å²) in [6.07, 6.45) is 0.953. The highest BCUT2D eigenvalue weighted by atomic mass is 79.9. The van der Waals surface area contributed by atoms with E-state index in [0.29, 0.717) is 11.6 Å². The van der Waals surface area contributed by atoms with Gasteiger partial charge in [0.15, 0.2) is 5.82 Å². The summed E-state index contributed by atoms with van der Waals surface area (Å²) >= 11 is 3.11. The quantitative estimate of drug-likeness (QED) is 0.298. The third kappa shape index (κ3) is 6.24. The zero-order valence-corrected chi connectivity index (χ0v) is 23.5. The lowest BCUT2D eigenvalue weighted by atomic mass is 9.94. The van der Waals surface area contributed by atoms with Gasteiger partial charge in [0.1, 0.15) is 5.52 Å². The van der Waals surface area contributed by atoms with E-state index in [4.69, 9.17) is 0 Å². The molecule has 210 valence electrons. The number of nitrogens with zero attached hydrogens (tertiary/aromatic N) is 3. The number of carboxylic acid groups (broad SMARTS) is 1. The molecule has 0 unspecified atom stereocenters. The number of hydrogen-bond donors (Lipinski definition) is 1. The largest absolute Gasteiger partial charge is 0.478 e. The third-order valence-electron chi connectivity index (χ3n) is 7.67. The van der Waals surface area contributed by atoms with Gasteiger partial charge in [0.05, 0.1) is 21.3 Å². The number of likely N-dealkylation sites (tertiary alicyclic amines) is 2. The topological polar surface area (TPSA) is 56.7 Å². The van der Waals surface area contributed by atoms with E-state index in [1.165, 1.54) is 43.5 Å². The maximum atomic E-state index is 15.1. The fourth-order valence-corrected chi connectivity index (χ4v) is 6.06. The van der Waals surface area contributed by atoms with Gasteiger partial charge in [-0.2, -0.15) is 13.2 Å². The number of hydrogen-bond acceptors (Lipinski definition) is 4. The second-order valence-corrected chi connectivity index (χ2v) is 10.9. The number of alkyl halides is 3. The van der Waals surface area contributed by atoms with Crippen LogP contribution >= 0.6 is 28.3 Å². The van der Waals surface area contributed by atoms with E-state index >= 15 is 4.39 Å². The molecular formula is C28H29BrClF4N3O2. The Kier molecular flexibility index (Phi) is 9.20. The van der Waals surface area contributed by atoms with E-state index in [2.05, 4.69) is 30.7 Å². The molecular weight excluding hydrogens is 602 g/mol. The number of aromatic nitrogens is 1. The Morgan fingerprint density at radius 3 is 2.38 bits per heavy atom. The molecule has 0 atom stereocenters. The van der Waals surface area contributed by atoms with Gasteiger partial charge in [-0.05, 0) is 86.0 Å². The van der Waals surface area contributed by atoms with Crippen molar-refractivity contribution in [3.05, 3.63) is 63.4 Å². The molecule has 2 fully saturated rings. The van der Waals surface area contributed by atoms with Crippen molar-refractivity contribution >= 4 is 45.2 Å². The Balaban J connectivity index is 0.00000353. The lowest BCUT2D eigenvalue weighted by molar-refractivity contribution is -0.137. The average molecular weight is 631 g/mol. The zero-order valence-electron chi connectivity index (χ0n) is 21.1. The Hall–Kier alpha value is -2.27. The monoisotopic (exact) mass is 629 g/mol. The summed E-state index contributed by atoms with van der Waals surface area (Å²) in [5, 5.41) is 10.4. The van der Waals surface area contributed by atoms with Crippen LogP contribution in [0.4, 0.5) is 17.6 Å². The summed E-state index contributed by atoms with van der Waals surface area (Å²) in [5.41, 5.74) is -0.763. The molecule has 0 spiro atoms. The number of piperidine rings is 2. The van der Waals surface area contributed by atoms with E-state index < -0.39 is 23.5 Å². The molecule has 2 saturated heterocycles. The van der Waals surface area contributed by atoms with Crippen molar-refractivity contribution in [1.29, 1.82) is 0 Å². The van der Waals surface area contributed by atoms with Gasteiger partial charge in [-0.25, -0.2) is 14.2 Å². The van der Waals surface area contributed by atoms with Gasteiger partial charge in [0, 0.05) is 29.1 Å². The molecule has 2 aliphatic rings. The number of rotatable bonds is 5. The van der Waals surface area contributed by atoms with Crippen molar-refractivity contribution in [3.8, 4) is 11.3 Å². The summed E-state index contributed by atoms with van der Waals surface area (Å²) < 4.78 is 55.8. The molecule has 0 saturated carbocycles. The fraction of sp³-hybridized carbons (Fsp3) is 0.429. The first-order chi connectivity index (χ1) is 18.1. The van der Waals surface area contributed by atoms with Gasteiger partial charge in [-0.15, -0.1) is 12.4 Å². The van der Waals surface area contributed by atoms with Gasteiger partial charge < -0.3 is 10.0 Å². The maximum absolute atomic E-state index is 15.1. The molecule has 3 heterocycles. The van der Waals surface area contributed by atoms with Crippen LogP contribution in [0.2, 0.25) is 0 Å². The molecule has 5 nitrogen and oxygen atoms in total. The molecule has 5 rings (SSSR count). The second-order valence-electron chi connectivity index (χ2n) is 10.1. The Bertz CT molecular complexity index is 1360. The highest BCUT2D eigenvalue weighted by Crippen LogP contribution is 2.37. The summed E-state index contributed by atoms with van der Waals surface area (Å²) in [7, 11) is 0. The van der Waals surface area contributed by atoms with Crippen LogP contribution in [0.5, 0.6) is 0 Å². The third-order valence-corrected chi connectivity index (χ3v) is 8.29. The van der Waals surface area contributed by atoms with Crippen molar-refractivity contribution in [2.24, 2.45) is 0 Å². The summed E-state index contributed by atoms with van der Waals surface area (Å²) in [4.78, 5) is 21.7. The first-order valence-corrected chi connectivity index (χ1v) is 13.6. The smallest absolute Gasteiger partial charge is 0.416 e. The van der Waals surface area contributed by atoms with E-state index in [0.717, 1.165) is 51.2 Å². The molecule has 0 radical (unpaired) electrons. The van der Waals surface area contributed by atoms with Crippen molar-refractivity contribution < 1.29 is 27.5 Å². The van der Waals surface area contributed by atoms with Gasteiger partial charge in [0.2, 0.25) is 0 Å². The number of aromatic carboxylic acids is 1. The van der Waals surface area contributed by atoms with Gasteiger partial charge in [-0.3, -0.25) is 4.90 Å². The molecule has 1 N–H and O–H groups in total. The predicted octanol–water partition coefficient (Wildman–Crippen LogP) is 7.39. The van der Waals surface area contributed by atoms with Crippen LogP contribution in [-0.2, 0) is 12.7 Å². The molecule has 2 aromatic carbocycles. The lowest BCUT2D eigenvalue weighted by Crippen LogP contribution is -2.46. The standard InChI is InChI=1S/C28H28BrF4N3O2.ClH/c29-22-8-7-20-23(27(37)38)21(16-35-13-9-19(10-14-35)36-11-2-1-3-12-36)25(34-26(20)24(22)30)17-5-4-6-18(15-17)28(31,32)33;/h4-8,15,19H,1-3,9-14,16H2,(H,37,38);1H. The van der Waals surface area contributed by atoms with Crippen molar-refractivity contribution in [2.45, 2.75) is 50.9 Å². The number of carboxylic acids is 1. The molecule has 0 aliphatic carbocycles. The molecule has 11 heteroatoms. The van der Waals surface area contributed by atoms with Crippen LogP contribution in [0.15, 0.2) is 40.9 Å². The van der Waals surface area contributed by atoms with Crippen LogP contribution in [0.1, 0.15) is 53.6 Å². The summed E-state index contributed by atoms with van der Waals surface area (Å²) in [6.45, 7) is 3.86. The average Bonchev–Trinajstić information content (AvgIpc) is 2.91. The highest BCUT2D eigenvalue weighted by molar-refractivity contribution is 9.10. The molecule has 1 aromatic heterocycles. The molecule has 3 aromatic rings. The van der Waals surface area contributed by atoms with Gasteiger partial charge in [0.25, 0.3) is 0 Å². The summed E-state index contributed by atoms with van der Waals surface area (Å²) in [5.74, 6) is -2.03. The minimum Gasteiger partial charge on any atom is -0.478 e. The molecule has 0 bridgehead atoms. The van der Waals surface area contributed by atoms with E-state index in [1.54, 1.807) is 0 Å². The normalized spacial score (nSPS) is 17.8. The van der Waals surface area contributed by atoms with Crippen LogP contribution in [0.3, 0.4) is 0 Å². The van der Waals surface area contributed by atoms with Gasteiger partial charge in [-0.1, -0.05) is 24.6 Å². The maximum Gasteiger partial charge on any atom is 0.416 e. The SMILES string of the molecule is Cl.O=C(O)c1c(CN2CCC(N3CCCCC3)CC2)c(-c2cccc(C(F)(F)F)c2)nc2c(F)c(Br)ccc12. The van der Waals surface area contributed by atoms with Crippen LogP contribution in [0.25, 0.3) is 22.2 Å². The summed E-state index contributed by atoms with van der Waals surface area (Å²) in [6, 6.07) is 8.00. The number of carbonyl (C=O) groups is 1. The van der Waals surface area contributed by atoms with Gasteiger partial charge >= 0.3 is 12.1 Å². The minimum atomic E-state index is -4.59.